The molecule has 1 N–H and O–H groups in total. The SMILES string of the molecule is CC(C)(C)OC(=O)N1CC(C)(C)c2ncc(Br)cc21.CC1(C)CNc2cc(Br)cnc21. The van der Waals surface area contributed by atoms with Crippen molar-refractivity contribution in [2.75, 3.05) is 23.3 Å². The lowest BCUT2D eigenvalue weighted by molar-refractivity contribution is 0.0579. The van der Waals surface area contributed by atoms with Crippen LogP contribution in [-0.4, -0.2) is 34.8 Å². The first kappa shape index (κ1) is 24.0. The molecule has 0 radical (unpaired) electrons. The molecular formula is C23H30Br2N4O2. The largest absolute Gasteiger partial charge is 0.443 e. The van der Waals surface area contributed by atoms with Crippen LogP contribution in [0.1, 0.15) is 59.9 Å². The number of nitrogens with one attached hydrogen (secondary N) is 1. The second-order valence-electron chi connectivity index (χ2n) is 10.3. The monoisotopic (exact) mass is 552 g/mol. The smallest absolute Gasteiger partial charge is 0.414 e. The zero-order valence-electron chi connectivity index (χ0n) is 19.1. The minimum atomic E-state index is -0.497. The van der Waals surface area contributed by atoms with Crippen molar-refractivity contribution < 1.29 is 9.53 Å². The second-order valence-corrected chi connectivity index (χ2v) is 12.1. The molecule has 0 fully saturated rings. The van der Waals surface area contributed by atoms with E-state index in [1.165, 1.54) is 5.69 Å². The number of aromatic nitrogens is 2. The number of hydrogen-bond donors (Lipinski definition) is 1. The van der Waals surface area contributed by atoms with E-state index in [-0.39, 0.29) is 16.9 Å². The number of pyridine rings is 2. The fourth-order valence-corrected chi connectivity index (χ4v) is 4.35. The lowest BCUT2D eigenvalue weighted by Crippen LogP contribution is -2.38. The zero-order chi connectivity index (χ0) is 23.2. The van der Waals surface area contributed by atoms with Crippen molar-refractivity contribution in [2.45, 2.75) is 64.9 Å². The van der Waals surface area contributed by atoms with Gasteiger partial charge in [0.25, 0.3) is 0 Å². The molecule has 4 heterocycles. The molecule has 0 saturated carbocycles. The van der Waals surface area contributed by atoms with Crippen LogP contribution >= 0.6 is 31.9 Å². The average molecular weight is 554 g/mol. The van der Waals surface area contributed by atoms with Gasteiger partial charge in [-0.15, -0.1) is 0 Å². The molecule has 1 amide bonds. The predicted molar refractivity (Wildman–Crippen MR) is 132 cm³/mol. The summed E-state index contributed by atoms with van der Waals surface area (Å²) in [5, 5.41) is 3.34. The van der Waals surface area contributed by atoms with Crippen molar-refractivity contribution in [3.63, 3.8) is 0 Å². The highest BCUT2D eigenvalue weighted by Gasteiger charge is 2.41. The summed E-state index contributed by atoms with van der Waals surface area (Å²) < 4.78 is 7.35. The van der Waals surface area contributed by atoms with E-state index >= 15 is 0 Å². The molecular weight excluding hydrogens is 524 g/mol. The molecule has 31 heavy (non-hydrogen) atoms. The lowest BCUT2D eigenvalue weighted by atomic mass is 9.91. The van der Waals surface area contributed by atoms with Gasteiger partial charge in [0.2, 0.25) is 0 Å². The number of anilines is 2. The van der Waals surface area contributed by atoms with Crippen LogP contribution in [0.3, 0.4) is 0 Å². The van der Waals surface area contributed by atoms with Gasteiger partial charge in [0.05, 0.1) is 22.8 Å². The fourth-order valence-electron chi connectivity index (χ4n) is 3.70. The number of ether oxygens (including phenoxy) is 1. The summed E-state index contributed by atoms with van der Waals surface area (Å²) in [6.07, 6.45) is 3.30. The van der Waals surface area contributed by atoms with Gasteiger partial charge in [-0.25, -0.2) is 4.79 Å². The molecule has 4 rings (SSSR count). The number of fused-ring (bicyclic) bond motifs is 2. The highest BCUT2D eigenvalue weighted by atomic mass is 79.9. The number of hydrogen-bond acceptors (Lipinski definition) is 5. The molecule has 0 saturated heterocycles. The van der Waals surface area contributed by atoms with Gasteiger partial charge in [0.15, 0.2) is 0 Å². The summed E-state index contributed by atoms with van der Waals surface area (Å²) >= 11 is 6.80. The average Bonchev–Trinajstić information content (AvgIpc) is 3.07. The van der Waals surface area contributed by atoms with Crippen molar-refractivity contribution >= 4 is 49.3 Å². The maximum absolute atomic E-state index is 12.3. The standard InChI is InChI=1S/C14H19BrN2O2.C9H11BrN2/c1-13(2,3)19-12(18)17-8-14(4,5)11-10(17)6-9(15)7-16-11;1-9(2)5-12-7-3-6(10)4-11-8(7)9/h6-7H,8H2,1-5H3;3-4,12H,5H2,1-2H3. The summed E-state index contributed by atoms with van der Waals surface area (Å²) in [4.78, 5) is 22.8. The van der Waals surface area contributed by atoms with E-state index in [4.69, 9.17) is 4.74 Å². The van der Waals surface area contributed by atoms with Crippen LogP contribution < -0.4 is 10.2 Å². The van der Waals surface area contributed by atoms with Gasteiger partial charge in [0, 0.05) is 45.3 Å². The molecule has 8 heteroatoms. The normalized spacial score (nSPS) is 17.8. The van der Waals surface area contributed by atoms with Crippen LogP contribution in [0.15, 0.2) is 33.5 Å². The molecule has 0 spiro atoms. The number of amides is 1. The van der Waals surface area contributed by atoms with E-state index in [1.807, 2.05) is 33.0 Å². The third kappa shape index (κ3) is 5.40. The third-order valence-corrected chi connectivity index (χ3v) is 6.02. The van der Waals surface area contributed by atoms with Crippen molar-refractivity contribution in [1.29, 1.82) is 0 Å². The number of nitrogens with zero attached hydrogens (tertiary/aromatic N) is 3. The van der Waals surface area contributed by atoms with Gasteiger partial charge in [-0.3, -0.25) is 14.9 Å². The number of carbonyl (C=O) groups is 1. The number of carbonyl (C=O) groups excluding carboxylic acids is 1. The van der Waals surface area contributed by atoms with E-state index in [0.717, 1.165) is 32.6 Å². The summed E-state index contributed by atoms with van der Waals surface area (Å²) in [5.74, 6) is 0. The van der Waals surface area contributed by atoms with Crippen molar-refractivity contribution in [3.05, 3.63) is 44.9 Å². The Morgan fingerprint density at radius 2 is 1.61 bits per heavy atom. The van der Waals surface area contributed by atoms with Gasteiger partial charge in [-0.2, -0.15) is 0 Å². The molecule has 0 bridgehead atoms. The maximum atomic E-state index is 12.3. The topological polar surface area (TPSA) is 67.3 Å². The summed E-state index contributed by atoms with van der Waals surface area (Å²) in [7, 11) is 0. The Kier molecular flexibility index (Phi) is 6.46. The van der Waals surface area contributed by atoms with Gasteiger partial charge in [-0.05, 0) is 64.8 Å². The summed E-state index contributed by atoms with van der Waals surface area (Å²) in [6, 6.07) is 4.00. The zero-order valence-corrected chi connectivity index (χ0v) is 22.3. The molecule has 0 aliphatic carbocycles. The van der Waals surface area contributed by atoms with Crippen LogP contribution in [0.2, 0.25) is 0 Å². The fraction of sp³-hybridized carbons (Fsp3) is 0.522. The highest BCUT2D eigenvalue weighted by Crippen LogP contribution is 2.40. The molecule has 2 aliphatic rings. The molecule has 0 aromatic carbocycles. The number of halogens is 2. The predicted octanol–water partition coefficient (Wildman–Crippen LogP) is 6.42. The summed E-state index contributed by atoms with van der Waals surface area (Å²) in [6.45, 7) is 15.7. The lowest BCUT2D eigenvalue weighted by Gasteiger charge is -2.25. The van der Waals surface area contributed by atoms with Gasteiger partial charge in [-0.1, -0.05) is 27.7 Å². The van der Waals surface area contributed by atoms with E-state index in [2.05, 4.69) is 80.9 Å². The van der Waals surface area contributed by atoms with Crippen LogP contribution in [0.25, 0.3) is 0 Å². The second kappa shape index (κ2) is 8.35. The third-order valence-electron chi connectivity index (χ3n) is 5.15. The highest BCUT2D eigenvalue weighted by molar-refractivity contribution is 9.10. The molecule has 2 aromatic rings. The number of rotatable bonds is 0. The Balaban J connectivity index is 0.000000194. The first-order valence-electron chi connectivity index (χ1n) is 10.3. The van der Waals surface area contributed by atoms with Crippen LogP contribution in [0.5, 0.6) is 0 Å². The van der Waals surface area contributed by atoms with Crippen LogP contribution in [0, 0.1) is 0 Å². The van der Waals surface area contributed by atoms with Crippen molar-refractivity contribution in [3.8, 4) is 0 Å². The van der Waals surface area contributed by atoms with Crippen LogP contribution in [0.4, 0.5) is 16.2 Å². The molecule has 2 aromatic heterocycles. The maximum Gasteiger partial charge on any atom is 0.414 e. The van der Waals surface area contributed by atoms with Gasteiger partial charge in [0.1, 0.15) is 5.60 Å². The van der Waals surface area contributed by atoms with E-state index in [0.29, 0.717) is 6.54 Å². The minimum absolute atomic E-state index is 0.160. The van der Waals surface area contributed by atoms with Gasteiger partial charge >= 0.3 is 6.09 Å². The molecule has 6 nitrogen and oxygen atoms in total. The quantitative estimate of drug-likeness (QED) is 0.407. The van der Waals surface area contributed by atoms with E-state index in [9.17, 15) is 4.79 Å². The molecule has 0 unspecified atom stereocenters. The van der Waals surface area contributed by atoms with Crippen molar-refractivity contribution in [1.82, 2.24) is 9.97 Å². The Morgan fingerprint density at radius 3 is 2.23 bits per heavy atom. The van der Waals surface area contributed by atoms with E-state index < -0.39 is 5.60 Å². The first-order chi connectivity index (χ1) is 14.2. The van der Waals surface area contributed by atoms with E-state index in [1.54, 1.807) is 11.1 Å². The Labute approximate surface area is 201 Å². The molecule has 0 atom stereocenters. The molecule has 2 aliphatic heterocycles. The summed E-state index contributed by atoms with van der Waals surface area (Å²) in [5.41, 5.74) is 3.61. The Morgan fingerprint density at radius 1 is 1.03 bits per heavy atom. The van der Waals surface area contributed by atoms with Crippen LogP contribution in [-0.2, 0) is 15.6 Å². The van der Waals surface area contributed by atoms with Crippen molar-refractivity contribution in [2.24, 2.45) is 0 Å². The molecule has 168 valence electrons. The van der Waals surface area contributed by atoms with Gasteiger partial charge < -0.3 is 10.1 Å². The Hall–Kier alpha value is -1.67. The minimum Gasteiger partial charge on any atom is -0.443 e. The first-order valence-corrected chi connectivity index (χ1v) is 11.8. The Bertz CT molecular complexity index is 1000.